The first-order valence-electron chi connectivity index (χ1n) is 6.31. The van der Waals surface area contributed by atoms with Crippen LogP contribution in [0.2, 0.25) is 0 Å². The summed E-state index contributed by atoms with van der Waals surface area (Å²) in [6, 6.07) is 4.60. The number of ether oxygens (including phenoxy) is 1. The van der Waals surface area contributed by atoms with Crippen LogP contribution in [0.4, 0.5) is 0 Å². The molecule has 114 valence electrons. The van der Waals surface area contributed by atoms with Gasteiger partial charge in [-0.15, -0.1) is 0 Å². The van der Waals surface area contributed by atoms with E-state index >= 15 is 0 Å². The molecule has 7 nitrogen and oxygen atoms in total. The van der Waals surface area contributed by atoms with Gasteiger partial charge in [0.25, 0.3) is 0 Å². The number of hydrogen-bond donors (Lipinski definition) is 2. The normalized spacial score (nSPS) is 20.5. The van der Waals surface area contributed by atoms with Crippen LogP contribution >= 0.6 is 0 Å². The molecule has 1 amide bonds. The number of hydrogen-bond acceptors (Lipinski definition) is 6. The largest absolute Gasteiger partial charge is 0.507 e. The van der Waals surface area contributed by atoms with Gasteiger partial charge in [-0.3, -0.25) is 4.79 Å². The third kappa shape index (κ3) is 3.94. The molecular weight excluding hydrogens is 296 g/mol. The first-order valence-corrected chi connectivity index (χ1v) is 8.14. The molecule has 0 aromatic heterocycles. The fourth-order valence-electron chi connectivity index (χ4n) is 2.02. The number of phenols is 1. The number of nitrogens with one attached hydrogen (secondary N) is 1. The third-order valence-corrected chi connectivity index (χ3v) is 4.98. The van der Waals surface area contributed by atoms with Crippen molar-refractivity contribution in [2.45, 2.75) is 6.42 Å². The highest BCUT2D eigenvalue weighted by Crippen LogP contribution is 2.21. The number of sulfone groups is 1. The summed E-state index contributed by atoms with van der Waals surface area (Å²) in [5, 5.41) is 13.4. The third-order valence-electron chi connectivity index (χ3n) is 3.22. The maximum absolute atomic E-state index is 11.8. The monoisotopic (exact) mass is 312 g/mol. The van der Waals surface area contributed by atoms with Crippen molar-refractivity contribution in [3.63, 3.8) is 0 Å². The molecule has 1 aromatic rings. The fraction of sp³-hybridized carbons (Fsp3) is 0.385. The molecule has 0 spiro atoms. The van der Waals surface area contributed by atoms with Gasteiger partial charge >= 0.3 is 0 Å². The molecule has 1 aliphatic heterocycles. The van der Waals surface area contributed by atoms with Gasteiger partial charge < -0.3 is 9.84 Å². The van der Waals surface area contributed by atoms with Gasteiger partial charge in [-0.2, -0.15) is 5.10 Å². The number of carbonyl (C=O) groups is 1. The van der Waals surface area contributed by atoms with Crippen molar-refractivity contribution in [1.29, 1.82) is 0 Å². The molecule has 0 saturated carbocycles. The fourth-order valence-corrected chi connectivity index (χ4v) is 3.76. The van der Waals surface area contributed by atoms with Crippen molar-refractivity contribution in [1.82, 2.24) is 5.43 Å². The quantitative estimate of drug-likeness (QED) is 0.614. The number of methoxy groups -OCH3 is 1. The summed E-state index contributed by atoms with van der Waals surface area (Å²) >= 11 is 0. The summed E-state index contributed by atoms with van der Waals surface area (Å²) in [5.41, 5.74) is 2.67. The van der Waals surface area contributed by atoms with E-state index in [4.69, 9.17) is 4.74 Å². The molecule has 1 atom stereocenters. The van der Waals surface area contributed by atoms with Crippen LogP contribution in [0, 0.1) is 5.92 Å². The zero-order valence-electron chi connectivity index (χ0n) is 11.4. The van der Waals surface area contributed by atoms with E-state index in [0.717, 1.165) is 0 Å². The Morgan fingerprint density at radius 1 is 1.52 bits per heavy atom. The molecule has 1 heterocycles. The maximum atomic E-state index is 11.8. The minimum Gasteiger partial charge on any atom is -0.507 e. The first-order chi connectivity index (χ1) is 9.91. The molecule has 1 fully saturated rings. The summed E-state index contributed by atoms with van der Waals surface area (Å²) in [4.78, 5) is 11.8. The van der Waals surface area contributed by atoms with E-state index in [1.807, 2.05) is 0 Å². The van der Waals surface area contributed by atoms with E-state index in [1.165, 1.54) is 19.4 Å². The molecule has 2 rings (SSSR count). The Balaban J connectivity index is 1.98. The van der Waals surface area contributed by atoms with Gasteiger partial charge in [0.2, 0.25) is 5.91 Å². The van der Waals surface area contributed by atoms with E-state index < -0.39 is 21.7 Å². The highest BCUT2D eigenvalue weighted by Gasteiger charge is 2.32. The Labute approximate surface area is 122 Å². The van der Waals surface area contributed by atoms with E-state index in [0.29, 0.717) is 17.7 Å². The number of rotatable bonds is 4. The number of benzene rings is 1. The lowest BCUT2D eigenvalue weighted by atomic mass is 10.1. The summed E-state index contributed by atoms with van der Waals surface area (Å²) in [6.07, 6.45) is 1.59. The van der Waals surface area contributed by atoms with Crippen molar-refractivity contribution >= 4 is 22.0 Å². The molecule has 21 heavy (non-hydrogen) atoms. The number of aromatic hydroxyl groups is 1. The lowest BCUT2D eigenvalue weighted by Crippen LogP contribution is -2.27. The van der Waals surface area contributed by atoms with Crippen molar-refractivity contribution in [2.75, 3.05) is 18.6 Å². The van der Waals surface area contributed by atoms with Gasteiger partial charge in [0.15, 0.2) is 9.84 Å². The molecule has 0 aliphatic carbocycles. The summed E-state index contributed by atoms with van der Waals surface area (Å²) in [5.74, 6) is -0.565. The van der Waals surface area contributed by atoms with Crippen molar-refractivity contribution < 1.29 is 23.1 Å². The van der Waals surface area contributed by atoms with Crippen molar-refractivity contribution in [3.05, 3.63) is 23.8 Å². The Morgan fingerprint density at radius 2 is 2.29 bits per heavy atom. The summed E-state index contributed by atoms with van der Waals surface area (Å²) < 4.78 is 27.6. The van der Waals surface area contributed by atoms with Gasteiger partial charge in [0.05, 0.1) is 30.7 Å². The van der Waals surface area contributed by atoms with Gasteiger partial charge in [0, 0.05) is 5.56 Å². The van der Waals surface area contributed by atoms with Crippen LogP contribution in [0.15, 0.2) is 23.3 Å². The molecule has 2 N–H and O–H groups in total. The molecular formula is C13H16N2O5S. The number of phenolic OH excluding ortho intramolecular Hbond substituents is 1. The van der Waals surface area contributed by atoms with Gasteiger partial charge in [-0.25, -0.2) is 13.8 Å². The maximum Gasteiger partial charge on any atom is 0.244 e. The Morgan fingerprint density at radius 3 is 2.90 bits per heavy atom. The van der Waals surface area contributed by atoms with E-state index in [2.05, 4.69) is 10.5 Å². The Hall–Kier alpha value is -2.09. The predicted octanol–water partition coefficient (Wildman–Crippen LogP) is 0.286. The highest BCUT2D eigenvalue weighted by molar-refractivity contribution is 7.91. The van der Waals surface area contributed by atoms with E-state index in [1.54, 1.807) is 12.1 Å². The lowest BCUT2D eigenvalue weighted by molar-refractivity contribution is -0.124. The van der Waals surface area contributed by atoms with Crippen LogP contribution < -0.4 is 10.2 Å². The van der Waals surface area contributed by atoms with Crippen LogP contribution in [0.5, 0.6) is 11.5 Å². The second kappa shape index (κ2) is 6.13. The van der Waals surface area contributed by atoms with Crippen molar-refractivity contribution in [2.24, 2.45) is 11.0 Å². The SMILES string of the molecule is COc1ccc(O)c(/C=N/NC(=O)[C@H]2CCS(=O)(=O)C2)c1. The smallest absolute Gasteiger partial charge is 0.244 e. The van der Waals surface area contributed by atoms with E-state index in [9.17, 15) is 18.3 Å². The standard InChI is InChI=1S/C13H16N2O5S/c1-20-11-2-3-12(16)10(6-11)7-14-15-13(17)9-4-5-21(18,19)8-9/h2-3,6-7,9,16H,4-5,8H2,1H3,(H,15,17)/b14-7+/t9-/m0/s1. The average Bonchev–Trinajstić information content (AvgIpc) is 2.81. The average molecular weight is 312 g/mol. The number of carbonyl (C=O) groups excluding carboxylic acids is 1. The first kappa shape index (κ1) is 15.3. The minimum absolute atomic E-state index is 0.00255. The Kier molecular flexibility index (Phi) is 4.46. The van der Waals surface area contributed by atoms with E-state index in [-0.39, 0.29) is 17.3 Å². The molecule has 1 saturated heterocycles. The Bertz CT molecular complexity index is 669. The van der Waals surface area contributed by atoms with Crippen molar-refractivity contribution in [3.8, 4) is 11.5 Å². The van der Waals surface area contributed by atoms with Crippen LogP contribution in [-0.4, -0.2) is 44.3 Å². The molecule has 1 aromatic carbocycles. The minimum atomic E-state index is -3.10. The second-order valence-corrected chi connectivity index (χ2v) is 6.99. The summed E-state index contributed by atoms with van der Waals surface area (Å²) in [7, 11) is -1.61. The zero-order valence-corrected chi connectivity index (χ0v) is 12.3. The highest BCUT2D eigenvalue weighted by atomic mass is 32.2. The topological polar surface area (TPSA) is 105 Å². The van der Waals surface area contributed by atoms with Crippen LogP contribution in [0.25, 0.3) is 0 Å². The number of amides is 1. The van der Waals surface area contributed by atoms with Crippen LogP contribution in [0.3, 0.4) is 0 Å². The van der Waals surface area contributed by atoms with Gasteiger partial charge in [-0.1, -0.05) is 0 Å². The summed E-state index contributed by atoms with van der Waals surface area (Å²) in [6.45, 7) is 0. The predicted molar refractivity (Wildman–Crippen MR) is 77.2 cm³/mol. The second-order valence-electron chi connectivity index (χ2n) is 4.76. The molecule has 1 aliphatic rings. The van der Waals surface area contributed by atoms with Gasteiger partial charge in [0.1, 0.15) is 11.5 Å². The lowest BCUT2D eigenvalue weighted by Gasteiger charge is -2.05. The number of hydrazone groups is 1. The van der Waals surface area contributed by atoms with Crippen LogP contribution in [-0.2, 0) is 14.6 Å². The molecule has 8 heteroatoms. The zero-order chi connectivity index (χ0) is 15.5. The molecule has 0 bridgehead atoms. The van der Waals surface area contributed by atoms with Crippen LogP contribution in [0.1, 0.15) is 12.0 Å². The molecule has 0 radical (unpaired) electrons. The number of nitrogens with zero attached hydrogens (tertiary/aromatic N) is 1. The van der Waals surface area contributed by atoms with Gasteiger partial charge in [-0.05, 0) is 24.6 Å². The molecule has 0 unspecified atom stereocenters.